The highest BCUT2D eigenvalue weighted by Crippen LogP contribution is 2.21. The van der Waals surface area contributed by atoms with Crippen LogP contribution in [0.5, 0.6) is 0 Å². The van der Waals surface area contributed by atoms with Crippen molar-refractivity contribution in [1.29, 1.82) is 0 Å². The molecule has 1 saturated heterocycles. The van der Waals surface area contributed by atoms with Gasteiger partial charge in [0.05, 0.1) is 24.3 Å². The number of halogens is 1. The molecule has 0 aromatic heterocycles. The van der Waals surface area contributed by atoms with Gasteiger partial charge in [-0.25, -0.2) is 0 Å². The van der Waals surface area contributed by atoms with E-state index in [2.05, 4.69) is 15.9 Å². The molecular formula is C13H16BrNO2. The standard InChI is InChI=1S/C13H16BrNO2/c1-9-8-17-10(2)7-15(9)13(16)11-5-3-4-6-12(11)14/h3-6,9-10H,7-8H2,1-2H3. The van der Waals surface area contributed by atoms with Crippen LogP contribution in [0.15, 0.2) is 28.7 Å². The van der Waals surface area contributed by atoms with Crippen LogP contribution in [0.2, 0.25) is 0 Å². The summed E-state index contributed by atoms with van der Waals surface area (Å²) in [4.78, 5) is 14.3. The number of amides is 1. The number of carbonyl (C=O) groups excluding carboxylic acids is 1. The number of rotatable bonds is 1. The zero-order chi connectivity index (χ0) is 12.4. The molecule has 92 valence electrons. The third-order valence-electron chi connectivity index (χ3n) is 2.97. The summed E-state index contributed by atoms with van der Waals surface area (Å²) in [6, 6.07) is 7.66. The number of hydrogen-bond donors (Lipinski definition) is 0. The monoisotopic (exact) mass is 297 g/mol. The molecule has 1 fully saturated rings. The van der Waals surface area contributed by atoms with Gasteiger partial charge in [-0.3, -0.25) is 4.79 Å². The zero-order valence-electron chi connectivity index (χ0n) is 10.0. The Hall–Kier alpha value is -0.870. The van der Waals surface area contributed by atoms with E-state index in [0.717, 1.165) is 4.47 Å². The van der Waals surface area contributed by atoms with Gasteiger partial charge < -0.3 is 9.64 Å². The maximum atomic E-state index is 12.4. The minimum atomic E-state index is 0.0696. The van der Waals surface area contributed by atoms with E-state index < -0.39 is 0 Å². The van der Waals surface area contributed by atoms with Gasteiger partial charge in [0.1, 0.15) is 0 Å². The lowest BCUT2D eigenvalue weighted by Gasteiger charge is -2.37. The summed E-state index contributed by atoms with van der Waals surface area (Å²) < 4.78 is 6.37. The van der Waals surface area contributed by atoms with Crippen molar-refractivity contribution in [3.05, 3.63) is 34.3 Å². The van der Waals surface area contributed by atoms with Gasteiger partial charge in [-0.2, -0.15) is 0 Å². The molecule has 0 bridgehead atoms. The quantitative estimate of drug-likeness (QED) is 0.798. The lowest BCUT2D eigenvalue weighted by molar-refractivity contribution is -0.0387. The van der Waals surface area contributed by atoms with Crippen molar-refractivity contribution in [2.45, 2.75) is 26.0 Å². The smallest absolute Gasteiger partial charge is 0.255 e. The predicted octanol–water partition coefficient (Wildman–Crippen LogP) is 2.70. The Bertz CT molecular complexity index is 422. The van der Waals surface area contributed by atoms with Crippen LogP contribution < -0.4 is 0 Å². The first kappa shape index (κ1) is 12.6. The zero-order valence-corrected chi connectivity index (χ0v) is 11.6. The van der Waals surface area contributed by atoms with Crippen LogP contribution in [-0.2, 0) is 4.74 Å². The van der Waals surface area contributed by atoms with Crippen LogP contribution >= 0.6 is 15.9 Å². The predicted molar refractivity (Wildman–Crippen MR) is 70.1 cm³/mol. The third-order valence-corrected chi connectivity index (χ3v) is 3.66. The largest absolute Gasteiger partial charge is 0.375 e. The van der Waals surface area contributed by atoms with Crippen LogP contribution in [0.3, 0.4) is 0 Å². The molecule has 0 spiro atoms. The molecule has 3 nitrogen and oxygen atoms in total. The van der Waals surface area contributed by atoms with Crippen molar-refractivity contribution >= 4 is 21.8 Å². The summed E-state index contributed by atoms with van der Waals surface area (Å²) in [5, 5.41) is 0. The first-order valence-electron chi connectivity index (χ1n) is 5.76. The van der Waals surface area contributed by atoms with E-state index >= 15 is 0 Å². The molecule has 1 aliphatic heterocycles. The van der Waals surface area contributed by atoms with Crippen molar-refractivity contribution < 1.29 is 9.53 Å². The van der Waals surface area contributed by atoms with Gasteiger partial charge in [-0.1, -0.05) is 12.1 Å². The van der Waals surface area contributed by atoms with Gasteiger partial charge in [-0.15, -0.1) is 0 Å². The normalized spacial score (nSPS) is 24.8. The second-order valence-corrected chi connectivity index (χ2v) is 5.28. The maximum Gasteiger partial charge on any atom is 0.255 e. The summed E-state index contributed by atoms with van der Waals surface area (Å²) in [5.74, 6) is 0.0696. The number of benzene rings is 1. The maximum absolute atomic E-state index is 12.4. The fraction of sp³-hybridized carbons (Fsp3) is 0.462. The third kappa shape index (κ3) is 2.69. The molecular weight excluding hydrogens is 282 g/mol. The van der Waals surface area contributed by atoms with E-state index in [-0.39, 0.29) is 18.1 Å². The first-order valence-corrected chi connectivity index (χ1v) is 6.56. The Kier molecular flexibility index (Phi) is 3.84. The minimum Gasteiger partial charge on any atom is -0.375 e. The second-order valence-electron chi connectivity index (χ2n) is 4.43. The van der Waals surface area contributed by atoms with Crippen molar-refractivity contribution in [3.63, 3.8) is 0 Å². The molecule has 2 rings (SSSR count). The Morgan fingerprint density at radius 1 is 1.41 bits per heavy atom. The van der Waals surface area contributed by atoms with Crippen LogP contribution in [0.4, 0.5) is 0 Å². The van der Waals surface area contributed by atoms with E-state index in [1.165, 1.54) is 0 Å². The molecule has 0 radical (unpaired) electrons. The van der Waals surface area contributed by atoms with E-state index in [1.54, 1.807) is 0 Å². The van der Waals surface area contributed by atoms with Gasteiger partial charge in [0.25, 0.3) is 5.91 Å². The molecule has 1 aliphatic rings. The lowest BCUT2D eigenvalue weighted by Crippen LogP contribution is -2.50. The van der Waals surface area contributed by atoms with Crippen molar-refractivity contribution in [2.24, 2.45) is 0 Å². The van der Waals surface area contributed by atoms with Gasteiger partial charge >= 0.3 is 0 Å². The van der Waals surface area contributed by atoms with Crippen LogP contribution in [0.1, 0.15) is 24.2 Å². The summed E-state index contributed by atoms with van der Waals surface area (Å²) in [7, 11) is 0. The first-order chi connectivity index (χ1) is 8.09. The highest BCUT2D eigenvalue weighted by molar-refractivity contribution is 9.10. The van der Waals surface area contributed by atoms with Gasteiger partial charge in [0, 0.05) is 11.0 Å². The Morgan fingerprint density at radius 3 is 2.82 bits per heavy atom. The summed E-state index contributed by atoms with van der Waals surface area (Å²) in [5.41, 5.74) is 0.716. The molecule has 17 heavy (non-hydrogen) atoms. The van der Waals surface area contributed by atoms with Crippen molar-refractivity contribution in [3.8, 4) is 0 Å². The molecule has 2 atom stereocenters. The number of carbonyl (C=O) groups is 1. The number of morpholine rings is 1. The van der Waals surface area contributed by atoms with Crippen molar-refractivity contribution in [1.82, 2.24) is 4.90 Å². The fourth-order valence-corrected chi connectivity index (χ4v) is 2.43. The van der Waals surface area contributed by atoms with Crippen LogP contribution in [-0.4, -0.2) is 36.1 Å². The molecule has 1 aromatic carbocycles. The molecule has 1 aromatic rings. The second kappa shape index (κ2) is 5.19. The average molecular weight is 298 g/mol. The van der Waals surface area contributed by atoms with Gasteiger partial charge in [0.15, 0.2) is 0 Å². The van der Waals surface area contributed by atoms with E-state index in [1.807, 2.05) is 43.0 Å². The van der Waals surface area contributed by atoms with E-state index in [0.29, 0.717) is 18.7 Å². The molecule has 1 amide bonds. The Morgan fingerprint density at radius 2 is 2.12 bits per heavy atom. The molecule has 0 aliphatic carbocycles. The number of ether oxygens (including phenoxy) is 1. The molecule has 0 saturated carbocycles. The lowest BCUT2D eigenvalue weighted by atomic mass is 10.1. The molecule has 1 heterocycles. The highest BCUT2D eigenvalue weighted by atomic mass is 79.9. The Labute approximate surface area is 110 Å². The molecule has 4 heteroatoms. The number of nitrogens with zero attached hydrogens (tertiary/aromatic N) is 1. The summed E-state index contributed by atoms with van der Waals surface area (Å²) in [6.45, 7) is 5.27. The van der Waals surface area contributed by atoms with Crippen LogP contribution in [0, 0.1) is 0 Å². The van der Waals surface area contributed by atoms with Gasteiger partial charge in [-0.05, 0) is 41.9 Å². The van der Waals surface area contributed by atoms with Crippen LogP contribution in [0.25, 0.3) is 0 Å². The summed E-state index contributed by atoms with van der Waals surface area (Å²) >= 11 is 3.42. The fourth-order valence-electron chi connectivity index (χ4n) is 1.98. The van der Waals surface area contributed by atoms with E-state index in [4.69, 9.17) is 4.74 Å². The van der Waals surface area contributed by atoms with E-state index in [9.17, 15) is 4.79 Å². The SMILES string of the molecule is CC1CN(C(=O)c2ccccc2Br)C(C)CO1. The highest BCUT2D eigenvalue weighted by Gasteiger charge is 2.28. The minimum absolute atomic E-state index is 0.0696. The van der Waals surface area contributed by atoms with Gasteiger partial charge in [0.2, 0.25) is 0 Å². The summed E-state index contributed by atoms with van der Waals surface area (Å²) in [6.07, 6.45) is 0.109. The molecule has 2 unspecified atom stereocenters. The molecule has 0 N–H and O–H groups in total. The average Bonchev–Trinajstić information content (AvgIpc) is 2.32. The van der Waals surface area contributed by atoms with Crippen molar-refractivity contribution in [2.75, 3.05) is 13.2 Å². The number of hydrogen-bond acceptors (Lipinski definition) is 2. The topological polar surface area (TPSA) is 29.5 Å². The Balaban J connectivity index is 2.22.